The van der Waals surface area contributed by atoms with E-state index >= 15 is 0 Å². The zero-order valence-corrected chi connectivity index (χ0v) is 13.7. The van der Waals surface area contributed by atoms with E-state index in [-0.39, 0.29) is 17.9 Å². The van der Waals surface area contributed by atoms with E-state index in [0.29, 0.717) is 22.2 Å². The lowest BCUT2D eigenvalue weighted by Gasteiger charge is -2.15. The monoisotopic (exact) mass is 359 g/mol. The molecule has 7 nitrogen and oxygen atoms in total. The number of aliphatic hydroxyl groups is 1. The van der Waals surface area contributed by atoms with E-state index in [0.717, 1.165) is 0 Å². The van der Waals surface area contributed by atoms with Crippen LogP contribution in [0.3, 0.4) is 0 Å². The molecule has 0 fully saturated rings. The van der Waals surface area contributed by atoms with Gasteiger partial charge >= 0.3 is 6.61 Å². The van der Waals surface area contributed by atoms with Gasteiger partial charge in [-0.15, -0.1) is 0 Å². The zero-order valence-electron chi connectivity index (χ0n) is 13.7. The Morgan fingerprint density at radius 2 is 2.19 bits per heavy atom. The number of aromatic nitrogens is 3. The molecule has 0 aliphatic carbocycles. The molecule has 0 bridgehead atoms. The number of nitrogens with one attached hydrogen (secondary N) is 1. The maximum Gasteiger partial charge on any atom is 0.387 e. The molecule has 26 heavy (non-hydrogen) atoms. The number of ether oxygens (including phenoxy) is 1. The minimum Gasteiger partial charge on any atom is -0.435 e. The van der Waals surface area contributed by atoms with Gasteiger partial charge in [-0.3, -0.25) is 9.67 Å². The summed E-state index contributed by atoms with van der Waals surface area (Å²) in [6.45, 7) is -2.86. The van der Waals surface area contributed by atoms with E-state index in [1.54, 1.807) is 17.9 Å². The Morgan fingerprint density at radius 1 is 1.38 bits per heavy atom. The van der Waals surface area contributed by atoms with Crippen LogP contribution in [0.25, 0.3) is 10.9 Å². The second kappa shape index (κ2) is 7.33. The molecule has 1 atom stereocenters. The van der Waals surface area contributed by atoms with E-state index in [1.165, 1.54) is 30.6 Å². The Labute approximate surface area is 147 Å². The first-order valence-corrected chi connectivity index (χ1v) is 7.66. The number of rotatable bonds is 6. The maximum atomic E-state index is 12.5. The van der Waals surface area contributed by atoms with Gasteiger partial charge in [0.05, 0.1) is 29.1 Å². The lowest BCUT2D eigenvalue weighted by atomic mass is 10.1. The summed E-state index contributed by atoms with van der Waals surface area (Å²) in [6.07, 6.45) is 3.74. The molecule has 0 saturated carbocycles. The Morgan fingerprint density at radius 3 is 2.85 bits per heavy atom. The Kier molecular flexibility index (Phi) is 4.95. The van der Waals surface area contributed by atoms with Crippen molar-refractivity contribution in [3.8, 4) is 11.8 Å². The summed E-state index contributed by atoms with van der Waals surface area (Å²) in [7, 11) is 1.73. The summed E-state index contributed by atoms with van der Waals surface area (Å²) >= 11 is 0. The van der Waals surface area contributed by atoms with Crippen LogP contribution in [0.5, 0.6) is 5.75 Å². The highest BCUT2D eigenvalue weighted by molar-refractivity contribution is 5.94. The van der Waals surface area contributed by atoms with E-state index in [4.69, 9.17) is 0 Å². The molecule has 0 saturated heterocycles. The van der Waals surface area contributed by atoms with Gasteiger partial charge in [0.15, 0.2) is 0 Å². The van der Waals surface area contributed by atoms with Crippen molar-refractivity contribution >= 4 is 16.6 Å². The summed E-state index contributed by atoms with van der Waals surface area (Å²) in [4.78, 5) is 4.14. The first-order valence-electron chi connectivity index (χ1n) is 7.66. The molecule has 3 aromatic rings. The van der Waals surface area contributed by atoms with Crippen molar-refractivity contribution in [1.29, 1.82) is 5.26 Å². The van der Waals surface area contributed by atoms with E-state index in [2.05, 4.69) is 20.1 Å². The first-order chi connectivity index (χ1) is 12.5. The quantitative estimate of drug-likeness (QED) is 0.702. The van der Waals surface area contributed by atoms with Crippen LogP contribution in [0.15, 0.2) is 36.8 Å². The molecule has 0 radical (unpaired) electrons. The summed E-state index contributed by atoms with van der Waals surface area (Å²) in [5, 5.41) is 27.0. The molecule has 0 spiro atoms. The van der Waals surface area contributed by atoms with Crippen LogP contribution >= 0.6 is 0 Å². The summed E-state index contributed by atoms with van der Waals surface area (Å²) in [6, 6.07) is 6.29. The highest BCUT2D eigenvalue weighted by Gasteiger charge is 2.15. The van der Waals surface area contributed by atoms with Crippen LogP contribution in [0, 0.1) is 11.3 Å². The molecule has 0 aliphatic rings. The number of pyridine rings is 1. The van der Waals surface area contributed by atoms with Gasteiger partial charge in [-0.05, 0) is 18.2 Å². The van der Waals surface area contributed by atoms with Crippen molar-refractivity contribution in [2.75, 3.05) is 11.9 Å². The molecule has 0 aliphatic heterocycles. The second-order valence-corrected chi connectivity index (χ2v) is 5.56. The number of anilines is 1. The van der Waals surface area contributed by atoms with Crippen LogP contribution in [0.4, 0.5) is 14.5 Å². The average molecular weight is 359 g/mol. The van der Waals surface area contributed by atoms with Gasteiger partial charge in [-0.2, -0.15) is 19.1 Å². The molecule has 3 rings (SSSR count). The van der Waals surface area contributed by atoms with E-state index < -0.39 is 12.7 Å². The topological polar surface area (TPSA) is 96.0 Å². The van der Waals surface area contributed by atoms with Gasteiger partial charge in [0.2, 0.25) is 0 Å². The van der Waals surface area contributed by atoms with Gasteiger partial charge in [-0.25, -0.2) is 0 Å². The Balaban J connectivity index is 1.92. The third-order valence-corrected chi connectivity index (χ3v) is 3.77. The van der Waals surface area contributed by atoms with Crippen molar-refractivity contribution in [2.24, 2.45) is 7.05 Å². The molecule has 1 aromatic carbocycles. The number of nitriles is 1. The molecule has 2 N–H and O–H groups in total. The standard InChI is InChI=1S/C17H15F2N5O2/c1-24-9-11(7-23-24)15(25)8-22-16-10(5-20)6-21-14-3-2-12(4-13(14)16)26-17(18)19/h2-4,6-7,9,15,17,25H,8H2,1H3,(H,21,22). The SMILES string of the molecule is Cn1cc(C(O)CNc2c(C#N)cnc3ccc(OC(F)F)cc23)cn1. The maximum absolute atomic E-state index is 12.5. The second-order valence-electron chi connectivity index (χ2n) is 5.56. The van der Waals surface area contributed by atoms with Gasteiger partial charge in [0.25, 0.3) is 0 Å². The smallest absolute Gasteiger partial charge is 0.387 e. The van der Waals surface area contributed by atoms with Crippen molar-refractivity contribution in [3.63, 3.8) is 0 Å². The number of aryl methyl sites for hydroxylation is 1. The van der Waals surface area contributed by atoms with Crippen LogP contribution < -0.4 is 10.1 Å². The molecule has 2 heterocycles. The Hall–Kier alpha value is -3.25. The zero-order chi connectivity index (χ0) is 18.7. The fourth-order valence-corrected chi connectivity index (χ4v) is 2.55. The minimum atomic E-state index is -2.96. The number of hydrogen-bond acceptors (Lipinski definition) is 6. The number of fused-ring (bicyclic) bond motifs is 1. The molecule has 9 heteroatoms. The molecule has 0 amide bonds. The molecular formula is C17H15F2N5O2. The van der Waals surface area contributed by atoms with Crippen LogP contribution in [0.2, 0.25) is 0 Å². The molecule has 2 aromatic heterocycles. The summed E-state index contributed by atoms with van der Waals surface area (Å²) < 4.78 is 30.9. The van der Waals surface area contributed by atoms with E-state index in [9.17, 15) is 19.1 Å². The number of alkyl halides is 2. The normalized spacial score (nSPS) is 12.2. The van der Waals surface area contributed by atoms with Gasteiger partial charge in [-0.1, -0.05) is 0 Å². The van der Waals surface area contributed by atoms with Crippen LogP contribution in [-0.4, -0.2) is 33.0 Å². The predicted molar refractivity (Wildman–Crippen MR) is 89.7 cm³/mol. The van der Waals surface area contributed by atoms with Crippen molar-refractivity contribution in [3.05, 3.63) is 47.9 Å². The van der Waals surface area contributed by atoms with Crippen molar-refractivity contribution < 1.29 is 18.6 Å². The molecule has 1 unspecified atom stereocenters. The summed E-state index contributed by atoms with van der Waals surface area (Å²) in [5.74, 6) is -0.0414. The number of aliphatic hydroxyl groups excluding tert-OH is 1. The molecular weight excluding hydrogens is 344 g/mol. The van der Waals surface area contributed by atoms with Gasteiger partial charge in [0, 0.05) is 36.9 Å². The fraction of sp³-hybridized carbons (Fsp3) is 0.235. The number of nitrogens with zero attached hydrogens (tertiary/aromatic N) is 4. The number of benzene rings is 1. The summed E-state index contributed by atoms with van der Waals surface area (Å²) in [5.41, 5.74) is 1.73. The first kappa shape index (κ1) is 17.6. The van der Waals surface area contributed by atoms with Gasteiger partial charge in [0.1, 0.15) is 11.8 Å². The minimum absolute atomic E-state index is 0.0414. The largest absolute Gasteiger partial charge is 0.435 e. The van der Waals surface area contributed by atoms with Crippen LogP contribution in [0.1, 0.15) is 17.2 Å². The lowest BCUT2D eigenvalue weighted by Crippen LogP contribution is -2.13. The fourth-order valence-electron chi connectivity index (χ4n) is 2.55. The predicted octanol–water partition coefficient (Wildman–Crippen LogP) is 2.59. The third kappa shape index (κ3) is 3.70. The Bertz CT molecular complexity index is 967. The third-order valence-electron chi connectivity index (χ3n) is 3.77. The van der Waals surface area contributed by atoms with Crippen molar-refractivity contribution in [1.82, 2.24) is 14.8 Å². The van der Waals surface area contributed by atoms with Crippen molar-refractivity contribution in [2.45, 2.75) is 12.7 Å². The highest BCUT2D eigenvalue weighted by atomic mass is 19.3. The average Bonchev–Trinajstić information content (AvgIpc) is 3.05. The van der Waals surface area contributed by atoms with Gasteiger partial charge < -0.3 is 15.2 Å². The van der Waals surface area contributed by atoms with E-state index in [1.807, 2.05) is 6.07 Å². The lowest BCUT2D eigenvalue weighted by molar-refractivity contribution is -0.0497. The molecule has 134 valence electrons. The number of halogens is 2. The number of hydrogen-bond donors (Lipinski definition) is 2. The highest BCUT2D eigenvalue weighted by Crippen LogP contribution is 2.30. The van der Waals surface area contributed by atoms with Crippen LogP contribution in [-0.2, 0) is 7.05 Å².